The molecule has 1 heterocycles. The molecule has 2 rings (SSSR count). The molecule has 1 aliphatic rings. The summed E-state index contributed by atoms with van der Waals surface area (Å²) in [6, 6.07) is 2.77. The summed E-state index contributed by atoms with van der Waals surface area (Å²) in [6.07, 6.45) is 0.242. The molecule has 8 nitrogen and oxygen atoms in total. The SMILES string of the molecule is COc1cc(C(=O)NNC(=O)[C@H]2CCS(=O)(=O)C2)cc(Cl)c1OC. The van der Waals surface area contributed by atoms with E-state index in [2.05, 4.69) is 10.9 Å². The Morgan fingerprint density at radius 3 is 2.46 bits per heavy atom. The average Bonchev–Trinajstić information content (AvgIpc) is 2.91. The van der Waals surface area contributed by atoms with Gasteiger partial charge < -0.3 is 9.47 Å². The van der Waals surface area contributed by atoms with Crippen molar-refractivity contribution in [2.75, 3.05) is 25.7 Å². The number of benzene rings is 1. The van der Waals surface area contributed by atoms with Crippen LogP contribution in [0, 0.1) is 5.92 Å². The number of hydrazine groups is 1. The molecule has 2 amide bonds. The van der Waals surface area contributed by atoms with Gasteiger partial charge in [-0.2, -0.15) is 0 Å². The molecule has 1 saturated heterocycles. The molecule has 0 aromatic heterocycles. The van der Waals surface area contributed by atoms with E-state index in [1.807, 2.05) is 0 Å². The van der Waals surface area contributed by atoms with Crippen molar-refractivity contribution in [1.82, 2.24) is 10.9 Å². The summed E-state index contributed by atoms with van der Waals surface area (Å²) in [6.45, 7) is 0. The summed E-state index contributed by atoms with van der Waals surface area (Å²) in [7, 11) is -0.358. The Morgan fingerprint density at radius 2 is 1.92 bits per heavy atom. The molecule has 1 atom stereocenters. The van der Waals surface area contributed by atoms with Crippen LogP contribution in [0.1, 0.15) is 16.8 Å². The van der Waals surface area contributed by atoms with Crippen LogP contribution in [-0.4, -0.2) is 46.0 Å². The van der Waals surface area contributed by atoms with Gasteiger partial charge in [0.15, 0.2) is 21.3 Å². The van der Waals surface area contributed by atoms with Crippen molar-refractivity contribution in [2.24, 2.45) is 5.92 Å². The number of amides is 2. The van der Waals surface area contributed by atoms with Crippen molar-refractivity contribution in [1.29, 1.82) is 0 Å². The highest BCUT2D eigenvalue weighted by Crippen LogP contribution is 2.35. The first kappa shape index (κ1) is 18.3. The lowest BCUT2D eigenvalue weighted by Crippen LogP contribution is -2.44. The molecule has 0 aliphatic carbocycles. The highest BCUT2D eigenvalue weighted by Gasteiger charge is 2.33. The lowest BCUT2D eigenvalue weighted by atomic mass is 10.1. The third kappa shape index (κ3) is 4.09. The molecule has 1 aliphatic heterocycles. The van der Waals surface area contributed by atoms with Crippen molar-refractivity contribution in [3.8, 4) is 11.5 Å². The number of halogens is 1. The molecule has 0 unspecified atom stereocenters. The molecule has 24 heavy (non-hydrogen) atoms. The largest absolute Gasteiger partial charge is 0.493 e. The van der Waals surface area contributed by atoms with Crippen LogP contribution in [0.3, 0.4) is 0 Å². The van der Waals surface area contributed by atoms with Gasteiger partial charge in [0.1, 0.15) is 0 Å². The zero-order chi connectivity index (χ0) is 17.9. The number of nitrogens with one attached hydrogen (secondary N) is 2. The van der Waals surface area contributed by atoms with Crippen molar-refractivity contribution in [2.45, 2.75) is 6.42 Å². The average molecular weight is 377 g/mol. The maximum Gasteiger partial charge on any atom is 0.269 e. The number of ether oxygens (including phenoxy) is 2. The van der Waals surface area contributed by atoms with Gasteiger partial charge in [-0.05, 0) is 18.6 Å². The molecule has 10 heteroatoms. The molecule has 1 fully saturated rings. The first-order chi connectivity index (χ1) is 11.3. The first-order valence-corrected chi connectivity index (χ1v) is 9.19. The van der Waals surface area contributed by atoms with Gasteiger partial charge in [-0.15, -0.1) is 0 Å². The van der Waals surface area contributed by atoms with E-state index in [0.717, 1.165) is 0 Å². The van der Waals surface area contributed by atoms with Crippen LogP contribution in [0.15, 0.2) is 12.1 Å². The molecule has 0 radical (unpaired) electrons. The van der Waals surface area contributed by atoms with Crippen LogP contribution in [0.4, 0.5) is 0 Å². The molecule has 0 spiro atoms. The van der Waals surface area contributed by atoms with Gasteiger partial charge in [0.25, 0.3) is 5.91 Å². The highest BCUT2D eigenvalue weighted by molar-refractivity contribution is 7.91. The van der Waals surface area contributed by atoms with E-state index in [0.29, 0.717) is 0 Å². The van der Waals surface area contributed by atoms with Crippen LogP contribution in [0.2, 0.25) is 5.02 Å². The summed E-state index contributed by atoms with van der Waals surface area (Å²) >= 11 is 6.02. The molecular formula is C14H17ClN2O6S. The fourth-order valence-corrected chi connectivity index (χ4v) is 4.37. The molecule has 2 N–H and O–H groups in total. The Kier molecular flexibility index (Phi) is 5.55. The maximum atomic E-state index is 12.1. The van der Waals surface area contributed by atoms with Crippen molar-refractivity contribution in [3.63, 3.8) is 0 Å². The Hall–Kier alpha value is -2.00. The number of hydrogen-bond donors (Lipinski definition) is 2. The van der Waals surface area contributed by atoms with Crippen LogP contribution >= 0.6 is 11.6 Å². The second-order valence-corrected chi connectivity index (χ2v) is 7.87. The minimum atomic E-state index is -3.17. The van der Waals surface area contributed by atoms with Crippen LogP contribution < -0.4 is 20.3 Å². The topological polar surface area (TPSA) is 111 Å². The standard InChI is InChI=1S/C14H17ClN2O6S/c1-22-11-6-9(5-10(15)12(11)23-2)14(19)17-16-13(18)8-3-4-24(20,21)7-8/h5-6,8H,3-4,7H2,1-2H3,(H,16,18)(H,17,19)/t8-/m0/s1. The van der Waals surface area contributed by atoms with E-state index >= 15 is 0 Å². The number of methoxy groups -OCH3 is 2. The lowest BCUT2D eigenvalue weighted by Gasteiger charge is -2.13. The summed E-state index contributed by atoms with van der Waals surface area (Å²) in [5.41, 5.74) is 4.61. The van der Waals surface area contributed by atoms with Gasteiger partial charge in [0.2, 0.25) is 5.91 Å². The third-order valence-electron chi connectivity index (χ3n) is 3.60. The maximum absolute atomic E-state index is 12.1. The first-order valence-electron chi connectivity index (χ1n) is 6.99. The second kappa shape index (κ2) is 7.27. The molecule has 1 aromatic carbocycles. The Labute approximate surface area is 144 Å². The van der Waals surface area contributed by atoms with Gasteiger partial charge in [-0.25, -0.2) is 8.42 Å². The lowest BCUT2D eigenvalue weighted by molar-refractivity contribution is -0.125. The number of rotatable bonds is 4. The van der Waals surface area contributed by atoms with Crippen molar-refractivity contribution >= 4 is 33.3 Å². The fourth-order valence-electron chi connectivity index (χ4n) is 2.34. The van der Waals surface area contributed by atoms with Crippen LogP contribution in [0.25, 0.3) is 0 Å². The predicted octanol–water partition coefficient (Wildman–Crippen LogP) is 0.553. The Bertz CT molecular complexity index is 765. The van der Waals surface area contributed by atoms with Crippen molar-refractivity contribution < 1.29 is 27.5 Å². The minimum absolute atomic E-state index is 0.0235. The fraction of sp³-hybridized carbons (Fsp3) is 0.429. The Morgan fingerprint density at radius 1 is 1.21 bits per heavy atom. The smallest absolute Gasteiger partial charge is 0.269 e. The van der Waals surface area contributed by atoms with E-state index in [9.17, 15) is 18.0 Å². The van der Waals surface area contributed by atoms with E-state index in [4.69, 9.17) is 21.1 Å². The number of carbonyl (C=O) groups is 2. The van der Waals surface area contributed by atoms with Crippen molar-refractivity contribution in [3.05, 3.63) is 22.7 Å². The zero-order valence-corrected chi connectivity index (χ0v) is 14.7. The zero-order valence-electron chi connectivity index (χ0n) is 13.1. The molecule has 0 bridgehead atoms. The van der Waals surface area contributed by atoms with Gasteiger partial charge in [0, 0.05) is 5.56 Å². The quantitative estimate of drug-likeness (QED) is 0.742. The van der Waals surface area contributed by atoms with E-state index < -0.39 is 27.6 Å². The highest BCUT2D eigenvalue weighted by atomic mass is 35.5. The van der Waals surface area contributed by atoms with Gasteiger partial charge >= 0.3 is 0 Å². The van der Waals surface area contributed by atoms with E-state index in [1.165, 1.54) is 26.4 Å². The van der Waals surface area contributed by atoms with Crippen LogP contribution in [0.5, 0.6) is 11.5 Å². The number of hydrogen-bond acceptors (Lipinski definition) is 6. The number of carbonyl (C=O) groups excluding carboxylic acids is 2. The van der Waals surface area contributed by atoms with Crippen LogP contribution in [-0.2, 0) is 14.6 Å². The van der Waals surface area contributed by atoms with E-state index in [-0.39, 0.29) is 40.0 Å². The molecule has 1 aromatic rings. The number of sulfone groups is 1. The monoisotopic (exact) mass is 376 g/mol. The van der Waals surface area contributed by atoms with Gasteiger partial charge in [0.05, 0.1) is 36.7 Å². The predicted molar refractivity (Wildman–Crippen MR) is 86.9 cm³/mol. The Balaban J connectivity index is 2.03. The van der Waals surface area contributed by atoms with E-state index in [1.54, 1.807) is 0 Å². The summed E-state index contributed by atoms with van der Waals surface area (Å²) in [4.78, 5) is 24.0. The van der Waals surface area contributed by atoms with Gasteiger partial charge in [-0.1, -0.05) is 11.6 Å². The minimum Gasteiger partial charge on any atom is -0.493 e. The summed E-state index contributed by atoms with van der Waals surface area (Å²) in [5, 5.41) is 0.176. The normalized spacial score (nSPS) is 18.7. The van der Waals surface area contributed by atoms with Gasteiger partial charge in [-0.3, -0.25) is 20.4 Å². The molecule has 132 valence electrons. The third-order valence-corrected chi connectivity index (χ3v) is 5.65. The second-order valence-electron chi connectivity index (χ2n) is 5.24. The summed E-state index contributed by atoms with van der Waals surface area (Å²) < 4.78 is 32.9. The summed E-state index contributed by atoms with van der Waals surface area (Å²) in [5.74, 6) is -1.51. The molecule has 0 saturated carbocycles. The molecular weight excluding hydrogens is 360 g/mol.